The van der Waals surface area contributed by atoms with Crippen LogP contribution in [0.1, 0.15) is 36.5 Å². The number of carboxylic acids is 1. The average Bonchev–Trinajstić information content (AvgIpc) is 2.58. The number of carbonyl (C=O) groups excluding carboxylic acids is 1. The van der Waals surface area contributed by atoms with Crippen LogP contribution in [0.2, 0.25) is 0 Å². The van der Waals surface area contributed by atoms with Crippen molar-refractivity contribution in [3.8, 4) is 0 Å². The summed E-state index contributed by atoms with van der Waals surface area (Å²) in [5.74, 6) is -2.11. The number of amides is 1. The van der Waals surface area contributed by atoms with Gasteiger partial charge in [0.05, 0.1) is 10.8 Å². The summed E-state index contributed by atoms with van der Waals surface area (Å²) in [6.45, 7) is 7.71. The molecule has 1 aliphatic heterocycles. The topological polar surface area (TPSA) is 104 Å². The zero-order valence-electron chi connectivity index (χ0n) is 16.3. The number of benzene rings is 1. The second-order valence-electron chi connectivity index (χ2n) is 7.39. The zero-order chi connectivity index (χ0) is 20.4. The molecule has 0 radical (unpaired) electrons. The summed E-state index contributed by atoms with van der Waals surface area (Å²) in [6, 6.07) is 3.73. The van der Waals surface area contributed by atoms with Gasteiger partial charge >= 0.3 is 5.97 Å². The smallest absolute Gasteiger partial charge is 0.308 e. The average molecular weight is 397 g/mol. The van der Waals surface area contributed by atoms with Gasteiger partial charge in [-0.15, -0.1) is 0 Å². The van der Waals surface area contributed by atoms with Crippen LogP contribution in [0.4, 0.5) is 0 Å². The standard InChI is InChI=1S/C19H28N2O5S/c1-12-9-13(2)17(14(3)10-12)27(25,26)21-7-5-16(6-8-21)18(22)20-11-15(4)19(23)24/h9-10,15-16H,5-8,11H2,1-4H3,(H,20,22)(H,23,24). The fourth-order valence-electron chi connectivity index (χ4n) is 3.55. The van der Waals surface area contributed by atoms with Gasteiger partial charge in [0.1, 0.15) is 0 Å². The molecule has 1 saturated heterocycles. The van der Waals surface area contributed by atoms with Crippen LogP contribution < -0.4 is 5.32 Å². The monoisotopic (exact) mass is 396 g/mol. The lowest BCUT2D eigenvalue weighted by Gasteiger charge is -2.31. The van der Waals surface area contributed by atoms with Gasteiger partial charge in [-0.25, -0.2) is 8.42 Å². The summed E-state index contributed by atoms with van der Waals surface area (Å²) in [6.07, 6.45) is 0.854. The third kappa shape index (κ3) is 4.87. The first kappa shape index (κ1) is 21.4. The maximum atomic E-state index is 13.1. The molecule has 0 spiro atoms. The molecule has 1 heterocycles. The summed E-state index contributed by atoms with van der Waals surface area (Å²) >= 11 is 0. The Bertz CT molecular complexity index is 803. The van der Waals surface area contributed by atoms with Gasteiger partial charge < -0.3 is 10.4 Å². The first-order valence-corrected chi connectivity index (χ1v) is 10.6. The maximum Gasteiger partial charge on any atom is 0.308 e. The number of aliphatic carboxylic acids is 1. The number of rotatable bonds is 6. The van der Waals surface area contributed by atoms with Crippen LogP contribution in [0.25, 0.3) is 0 Å². The Morgan fingerprint density at radius 2 is 1.70 bits per heavy atom. The lowest BCUT2D eigenvalue weighted by atomic mass is 9.97. The van der Waals surface area contributed by atoms with Gasteiger partial charge in [-0.2, -0.15) is 4.31 Å². The molecule has 2 N–H and O–H groups in total. The first-order chi connectivity index (χ1) is 12.5. The molecule has 0 aromatic heterocycles. The molecule has 1 amide bonds. The van der Waals surface area contributed by atoms with Crippen LogP contribution in [0.3, 0.4) is 0 Å². The van der Waals surface area contributed by atoms with E-state index in [0.29, 0.717) is 17.7 Å². The number of carboxylic acid groups (broad SMARTS) is 1. The Balaban J connectivity index is 2.03. The summed E-state index contributed by atoms with van der Waals surface area (Å²) < 4.78 is 27.6. The number of nitrogens with one attached hydrogen (secondary N) is 1. The Kier molecular flexibility index (Phi) is 6.64. The largest absolute Gasteiger partial charge is 0.481 e. The van der Waals surface area contributed by atoms with E-state index in [1.165, 1.54) is 11.2 Å². The second kappa shape index (κ2) is 8.39. The van der Waals surface area contributed by atoms with Crippen molar-refractivity contribution in [2.24, 2.45) is 11.8 Å². The third-order valence-corrected chi connectivity index (χ3v) is 7.24. The van der Waals surface area contributed by atoms with Crippen molar-refractivity contribution in [2.45, 2.75) is 45.4 Å². The molecule has 1 unspecified atom stereocenters. The van der Waals surface area contributed by atoms with Crippen LogP contribution in [0.5, 0.6) is 0 Å². The summed E-state index contributed by atoms with van der Waals surface area (Å²) in [7, 11) is -3.60. The zero-order valence-corrected chi connectivity index (χ0v) is 17.1. The molecule has 1 fully saturated rings. The number of piperidine rings is 1. The van der Waals surface area contributed by atoms with E-state index in [4.69, 9.17) is 5.11 Å². The molecule has 0 saturated carbocycles. The third-order valence-electron chi connectivity index (χ3n) is 5.03. The molecule has 27 heavy (non-hydrogen) atoms. The number of hydrogen-bond acceptors (Lipinski definition) is 4. The Labute approximate surface area is 160 Å². The highest BCUT2D eigenvalue weighted by atomic mass is 32.2. The van der Waals surface area contributed by atoms with Crippen LogP contribution in [-0.2, 0) is 19.6 Å². The van der Waals surface area contributed by atoms with Gasteiger partial charge in [-0.05, 0) is 44.7 Å². The Hall–Kier alpha value is -1.93. The summed E-state index contributed by atoms with van der Waals surface area (Å²) in [5, 5.41) is 11.5. The van der Waals surface area contributed by atoms with Crippen molar-refractivity contribution in [3.63, 3.8) is 0 Å². The van der Waals surface area contributed by atoms with Crippen molar-refractivity contribution in [1.82, 2.24) is 9.62 Å². The highest BCUT2D eigenvalue weighted by molar-refractivity contribution is 7.89. The van der Waals surface area contributed by atoms with Crippen LogP contribution in [-0.4, -0.2) is 49.3 Å². The molecule has 1 aromatic rings. The molecule has 0 aliphatic carbocycles. The number of aryl methyl sites for hydroxylation is 3. The van der Waals surface area contributed by atoms with E-state index < -0.39 is 21.9 Å². The number of carbonyl (C=O) groups is 2. The lowest BCUT2D eigenvalue weighted by Crippen LogP contribution is -2.44. The molecular formula is C19H28N2O5S. The highest BCUT2D eigenvalue weighted by Gasteiger charge is 2.33. The SMILES string of the molecule is Cc1cc(C)c(S(=O)(=O)N2CCC(C(=O)NCC(C)C(=O)O)CC2)c(C)c1. The van der Waals surface area contributed by atoms with Gasteiger partial charge in [0.15, 0.2) is 0 Å². The van der Waals surface area contributed by atoms with Crippen molar-refractivity contribution in [2.75, 3.05) is 19.6 Å². The predicted octanol–water partition coefficient (Wildman–Crippen LogP) is 1.85. The Morgan fingerprint density at radius 1 is 1.19 bits per heavy atom. The number of nitrogens with zero attached hydrogens (tertiary/aromatic N) is 1. The van der Waals surface area contributed by atoms with Crippen molar-refractivity contribution in [1.29, 1.82) is 0 Å². The van der Waals surface area contributed by atoms with E-state index in [0.717, 1.165) is 16.7 Å². The molecule has 150 valence electrons. The minimum Gasteiger partial charge on any atom is -0.481 e. The van der Waals surface area contributed by atoms with E-state index in [-0.39, 0.29) is 31.5 Å². The van der Waals surface area contributed by atoms with Crippen molar-refractivity contribution < 1.29 is 23.1 Å². The highest BCUT2D eigenvalue weighted by Crippen LogP contribution is 2.28. The molecule has 1 atom stereocenters. The van der Waals surface area contributed by atoms with Gasteiger partial charge in [0, 0.05) is 25.6 Å². The Morgan fingerprint density at radius 3 is 2.19 bits per heavy atom. The van der Waals surface area contributed by atoms with Crippen LogP contribution in [0.15, 0.2) is 17.0 Å². The van der Waals surface area contributed by atoms with Gasteiger partial charge in [-0.1, -0.05) is 24.6 Å². The lowest BCUT2D eigenvalue weighted by molar-refractivity contribution is -0.141. The van der Waals surface area contributed by atoms with E-state index in [9.17, 15) is 18.0 Å². The second-order valence-corrected chi connectivity index (χ2v) is 9.27. The molecule has 1 aliphatic rings. The number of sulfonamides is 1. The fourth-order valence-corrected chi connectivity index (χ4v) is 5.43. The summed E-state index contributed by atoms with van der Waals surface area (Å²) in [4.78, 5) is 23.4. The molecule has 8 heteroatoms. The van der Waals surface area contributed by atoms with Gasteiger partial charge in [0.25, 0.3) is 0 Å². The molecule has 1 aromatic carbocycles. The quantitative estimate of drug-likeness (QED) is 0.764. The van der Waals surface area contributed by atoms with E-state index in [2.05, 4.69) is 5.32 Å². The number of hydrogen-bond donors (Lipinski definition) is 2. The van der Waals surface area contributed by atoms with Crippen molar-refractivity contribution >= 4 is 21.9 Å². The maximum absolute atomic E-state index is 13.1. The van der Waals surface area contributed by atoms with E-state index in [1.54, 1.807) is 13.8 Å². The molecule has 7 nitrogen and oxygen atoms in total. The fraction of sp³-hybridized carbons (Fsp3) is 0.579. The normalized spacial score (nSPS) is 17.5. The van der Waals surface area contributed by atoms with Crippen molar-refractivity contribution in [3.05, 3.63) is 28.8 Å². The van der Waals surface area contributed by atoms with E-state index >= 15 is 0 Å². The van der Waals surface area contributed by atoms with Crippen LogP contribution >= 0.6 is 0 Å². The first-order valence-electron chi connectivity index (χ1n) is 9.12. The van der Waals surface area contributed by atoms with Gasteiger partial charge in [-0.3, -0.25) is 9.59 Å². The summed E-state index contributed by atoms with van der Waals surface area (Å²) in [5.41, 5.74) is 2.49. The molecule has 2 rings (SSSR count). The predicted molar refractivity (Wildman–Crippen MR) is 102 cm³/mol. The van der Waals surface area contributed by atoms with Gasteiger partial charge in [0.2, 0.25) is 15.9 Å². The minimum absolute atomic E-state index is 0.0778. The van der Waals surface area contributed by atoms with E-state index in [1.807, 2.05) is 19.1 Å². The minimum atomic E-state index is -3.60. The van der Waals surface area contributed by atoms with Crippen LogP contribution in [0, 0.1) is 32.6 Å². The molecular weight excluding hydrogens is 368 g/mol. The molecule has 0 bridgehead atoms.